The second-order valence-corrected chi connectivity index (χ2v) is 3.94. The summed E-state index contributed by atoms with van der Waals surface area (Å²) in [5.41, 5.74) is 2.13. The van der Waals surface area contributed by atoms with E-state index >= 15 is 0 Å². The molecule has 0 saturated carbocycles. The van der Waals surface area contributed by atoms with Crippen LogP contribution in [0.2, 0.25) is 5.22 Å². The highest BCUT2D eigenvalue weighted by atomic mass is 35.5. The smallest absolute Gasteiger partial charge is 0.197 e. The Balaban J connectivity index is 2.14. The fourth-order valence-electron chi connectivity index (χ4n) is 1.74. The van der Waals surface area contributed by atoms with Gasteiger partial charge in [0, 0.05) is 11.6 Å². The van der Waals surface area contributed by atoms with Crippen LogP contribution in [0.1, 0.15) is 24.1 Å². The van der Waals surface area contributed by atoms with E-state index in [2.05, 4.69) is 12.2 Å². The maximum Gasteiger partial charge on any atom is 0.197 e. The lowest BCUT2D eigenvalue weighted by atomic mass is 10.0. The predicted octanol–water partition coefficient (Wildman–Crippen LogP) is 3.42. The van der Waals surface area contributed by atoms with Crippen LogP contribution < -0.4 is 5.32 Å². The Hall–Kier alpha value is -1.19. The Labute approximate surface area is 99.4 Å². The quantitative estimate of drug-likeness (QED) is 0.869. The summed E-state index contributed by atoms with van der Waals surface area (Å²) in [6.45, 7) is 2.94. The van der Waals surface area contributed by atoms with Gasteiger partial charge in [-0.1, -0.05) is 6.92 Å². The summed E-state index contributed by atoms with van der Waals surface area (Å²) in [4.78, 5) is 0. The van der Waals surface area contributed by atoms with Gasteiger partial charge in [-0.05, 0) is 42.3 Å². The molecule has 0 radical (unpaired) electrons. The fraction of sp³-hybridized carbons (Fsp3) is 0.333. The summed E-state index contributed by atoms with van der Waals surface area (Å²) < 4.78 is 10.2. The molecule has 0 spiro atoms. The third-order valence-corrected chi connectivity index (χ3v) is 2.80. The average molecular weight is 240 g/mol. The summed E-state index contributed by atoms with van der Waals surface area (Å²) in [6, 6.07) is 4.02. The molecule has 1 unspecified atom stereocenters. The summed E-state index contributed by atoms with van der Waals surface area (Å²) in [5, 5.41) is 3.83. The van der Waals surface area contributed by atoms with Gasteiger partial charge in [0.05, 0.1) is 18.8 Å². The molecule has 1 atom stereocenters. The van der Waals surface area contributed by atoms with Crippen LogP contribution in [-0.2, 0) is 6.42 Å². The first kappa shape index (κ1) is 11.3. The van der Waals surface area contributed by atoms with Crippen molar-refractivity contribution in [3.63, 3.8) is 0 Å². The first-order chi connectivity index (χ1) is 7.81. The van der Waals surface area contributed by atoms with Crippen molar-refractivity contribution in [2.45, 2.75) is 19.4 Å². The second-order valence-electron chi connectivity index (χ2n) is 3.60. The van der Waals surface area contributed by atoms with E-state index in [1.54, 1.807) is 18.8 Å². The first-order valence-corrected chi connectivity index (χ1v) is 5.66. The van der Waals surface area contributed by atoms with E-state index in [0.29, 0.717) is 5.22 Å². The van der Waals surface area contributed by atoms with Gasteiger partial charge in [0.2, 0.25) is 0 Å². The van der Waals surface area contributed by atoms with Gasteiger partial charge >= 0.3 is 0 Å². The molecule has 0 saturated heterocycles. The number of nitrogens with one attached hydrogen (secondary N) is 1. The monoisotopic (exact) mass is 239 g/mol. The van der Waals surface area contributed by atoms with Crippen LogP contribution >= 0.6 is 11.6 Å². The van der Waals surface area contributed by atoms with Gasteiger partial charge in [-0.3, -0.25) is 0 Å². The molecule has 0 aromatic carbocycles. The number of hydrogen-bond donors (Lipinski definition) is 1. The van der Waals surface area contributed by atoms with Gasteiger partial charge in [0.1, 0.15) is 0 Å². The molecule has 0 bridgehead atoms. The van der Waals surface area contributed by atoms with Crippen molar-refractivity contribution < 1.29 is 8.83 Å². The van der Waals surface area contributed by atoms with Crippen LogP contribution in [0.25, 0.3) is 0 Å². The number of likely N-dealkylation sites (N-methyl/N-ethyl adjacent to an activating group) is 1. The van der Waals surface area contributed by atoms with Gasteiger partial charge in [-0.25, -0.2) is 0 Å². The van der Waals surface area contributed by atoms with E-state index in [0.717, 1.165) is 24.1 Å². The van der Waals surface area contributed by atoms with E-state index in [-0.39, 0.29) is 6.04 Å². The Morgan fingerprint density at radius 3 is 2.81 bits per heavy atom. The van der Waals surface area contributed by atoms with Gasteiger partial charge in [-0.2, -0.15) is 0 Å². The SMILES string of the molecule is CCNC(Cc1ccoc1)c1ccoc1Cl. The normalized spacial score (nSPS) is 12.9. The predicted molar refractivity (Wildman–Crippen MR) is 62.5 cm³/mol. The topological polar surface area (TPSA) is 38.3 Å². The van der Waals surface area contributed by atoms with Gasteiger partial charge < -0.3 is 14.2 Å². The first-order valence-electron chi connectivity index (χ1n) is 5.28. The van der Waals surface area contributed by atoms with E-state index in [9.17, 15) is 0 Å². The summed E-state index contributed by atoms with van der Waals surface area (Å²) >= 11 is 5.98. The van der Waals surface area contributed by atoms with Crippen molar-refractivity contribution in [1.29, 1.82) is 0 Å². The molecular weight excluding hydrogens is 226 g/mol. The molecule has 2 heterocycles. The molecule has 86 valence electrons. The molecule has 0 fully saturated rings. The van der Waals surface area contributed by atoms with Crippen molar-refractivity contribution in [1.82, 2.24) is 5.32 Å². The molecule has 4 heteroatoms. The highest BCUT2D eigenvalue weighted by Gasteiger charge is 2.16. The third-order valence-electron chi connectivity index (χ3n) is 2.49. The van der Waals surface area contributed by atoms with E-state index in [4.69, 9.17) is 20.4 Å². The minimum atomic E-state index is 0.161. The lowest BCUT2D eigenvalue weighted by Gasteiger charge is -2.15. The zero-order chi connectivity index (χ0) is 11.4. The number of rotatable bonds is 5. The minimum Gasteiger partial charge on any atom is -0.472 e. The Bertz CT molecular complexity index is 422. The molecule has 2 aromatic rings. The van der Waals surface area contributed by atoms with Crippen molar-refractivity contribution in [3.05, 3.63) is 47.3 Å². The Morgan fingerprint density at radius 2 is 2.25 bits per heavy atom. The van der Waals surface area contributed by atoms with E-state index in [1.165, 1.54) is 0 Å². The summed E-state index contributed by atoms with van der Waals surface area (Å²) in [5.74, 6) is 0. The largest absolute Gasteiger partial charge is 0.472 e. The van der Waals surface area contributed by atoms with E-state index < -0.39 is 0 Å². The molecule has 3 nitrogen and oxygen atoms in total. The highest BCUT2D eigenvalue weighted by molar-refractivity contribution is 6.29. The van der Waals surface area contributed by atoms with Crippen LogP contribution in [0, 0.1) is 0 Å². The van der Waals surface area contributed by atoms with Crippen molar-refractivity contribution in [3.8, 4) is 0 Å². The number of hydrogen-bond acceptors (Lipinski definition) is 3. The van der Waals surface area contributed by atoms with Crippen molar-refractivity contribution in [2.24, 2.45) is 0 Å². The standard InChI is InChI=1S/C12H14ClNO2/c1-2-14-11(7-9-3-5-15-8-9)10-4-6-16-12(10)13/h3-6,8,11,14H,2,7H2,1H3. The fourth-order valence-corrected chi connectivity index (χ4v) is 1.98. The lowest BCUT2D eigenvalue weighted by Crippen LogP contribution is -2.22. The zero-order valence-electron chi connectivity index (χ0n) is 9.07. The Morgan fingerprint density at radius 1 is 1.38 bits per heavy atom. The number of halogens is 1. The van der Waals surface area contributed by atoms with Crippen molar-refractivity contribution >= 4 is 11.6 Å². The third kappa shape index (κ3) is 2.49. The highest BCUT2D eigenvalue weighted by Crippen LogP contribution is 2.26. The molecular formula is C12H14ClNO2. The Kier molecular flexibility index (Phi) is 3.70. The maximum absolute atomic E-state index is 5.98. The molecule has 0 aliphatic rings. The van der Waals surface area contributed by atoms with E-state index in [1.807, 2.05) is 12.1 Å². The number of furan rings is 2. The van der Waals surface area contributed by atoms with Gasteiger partial charge in [0.25, 0.3) is 0 Å². The zero-order valence-corrected chi connectivity index (χ0v) is 9.83. The molecule has 2 rings (SSSR count). The summed E-state index contributed by atoms with van der Waals surface area (Å²) in [7, 11) is 0. The van der Waals surface area contributed by atoms with Crippen LogP contribution in [0.4, 0.5) is 0 Å². The van der Waals surface area contributed by atoms with Crippen LogP contribution in [0.5, 0.6) is 0 Å². The minimum absolute atomic E-state index is 0.161. The summed E-state index contributed by atoms with van der Waals surface area (Å²) in [6.07, 6.45) is 5.87. The van der Waals surface area contributed by atoms with Crippen LogP contribution in [-0.4, -0.2) is 6.54 Å². The molecule has 0 aliphatic heterocycles. The average Bonchev–Trinajstić information content (AvgIpc) is 2.88. The van der Waals surface area contributed by atoms with Crippen molar-refractivity contribution in [2.75, 3.05) is 6.54 Å². The van der Waals surface area contributed by atoms with Crippen LogP contribution in [0.15, 0.2) is 39.8 Å². The molecule has 0 amide bonds. The van der Waals surface area contributed by atoms with Gasteiger partial charge in [-0.15, -0.1) is 0 Å². The molecule has 1 N–H and O–H groups in total. The second kappa shape index (κ2) is 5.23. The lowest BCUT2D eigenvalue weighted by molar-refractivity contribution is 0.520. The molecule has 0 aliphatic carbocycles. The maximum atomic E-state index is 5.98. The molecule has 2 aromatic heterocycles. The molecule has 16 heavy (non-hydrogen) atoms. The van der Waals surface area contributed by atoms with Crippen LogP contribution in [0.3, 0.4) is 0 Å². The van der Waals surface area contributed by atoms with Gasteiger partial charge in [0.15, 0.2) is 5.22 Å².